The number of aromatic amines is 1. The summed E-state index contributed by atoms with van der Waals surface area (Å²) in [4.78, 5) is 14.5. The van der Waals surface area contributed by atoms with Gasteiger partial charge in [-0.25, -0.2) is 4.98 Å². The lowest BCUT2D eigenvalue weighted by atomic mass is 10.1. The number of hydrogen-bond acceptors (Lipinski definition) is 6. The van der Waals surface area contributed by atoms with Crippen molar-refractivity contribution >= 4 is 34.2 Å². The lowest BCUT2D eigenvalue weighted by Crippen LogP contribution is -2.35. The van der Waals surface area contributed by atoms with Crippen LogP contribution < -0.4 is 15.5 Å². The number of aliphatic hydroxyl groups excluding tert-OH is 1. The molecule has 4 N–H and O–H groups in total. The average molecular weight is 338 g/mol. The molecule has 1 saturated heterocycles. The van der Waals surface area contributed by atoms with Crippen LogP contribution in [-0.2, 0) is 0 Å². The summed E-state index contributed by atoms with van der Waals surface area (Å²) in [5.74, 6) is 1.33. The minimum Gasteiger partial charge on any atom is -0.393 e. The van der Waals surface area contributed by atoms with E-state index in [0.717, 1.165) is 48.5 Å². The van der Waals surface area contributed by atoms with E-state index in [1.165, 1.54) is 5.69 Å². The number of hydrogen-bond donors (Lipinski definition) is 4. The summed E-state index contributed by atoms with van der Waals surface area (Å²) in [5, 5.41) is 16.0. The zero-order chi connectivity index (χ0) is 17.2. The Morgan fingerprint density at radius 3 is 2.60 bits per heavy atom. The molecule has 0 unspecified atom stereocenters. The van der Waals surface area contributed by atoms with Crippen LogP contribution in [0.4, 0.5) is 23.1 Å². The Morgan fingerprint density at radius 2 is 1.88 bits per heavy atom. The second kappa shape index (κ2) is 6.60. The highest BCUT2D eigenvalue weighted by Crippen LogP contribution is 2.25. The van der Waals surface area contributed by atoms with E-state index in [4.69, 9.17) is 0 Å². The fourth-order valence-corrected chi connectivity index (χ4v) is 3.19. The summed E-state index contributed by atoms with van der Waals surface area (Å²) >= 11 is 0. The molecule has 0 radical (unpaired) electrons. The molecular formula is C18H22N6O. The maximum Gasteiger partial charge on any atom is 0.229 e. The van der Waals surface area contributed by atoms with Gasteiger partial charge in [0.2, 0.25) is 5.95 Å². The van der Waals surface area contributed by atoms with E-state index in [0.29, 0.717) is 5.95 Å². The van der Waals surface area contributed by atoms with Gasteiger partial charge >= 0.3 is 0 Å². The average Bonchev–Trinajstić information content (AvgIpc) is 3.11. The summed E-state index contributed by atoms with van der Waals surface area (Å²) in [6, 6.07) is 10.2. The molecule has 130 valence electrons. The summed E-state index contributed by atoms with van der Waals surface area (Å²) in [7, 11) is 1.84. The van der Waals surface area contributed by atoms with Gasteiger partial charge in [0.1, 0.15) is 5.52 Å². The Morgan fingerprint density at radius 1 is 1.12 bits per heavy atom. The minimum absolute atomic E-state index is 0.154. The van der Waals surface area contributed by atoms with Gasteiger partial charge in [0.15, 0.2) is 5.82 Å². The molecule has 0 bridgehead atoms. The number of nitrogens with one attached hydrogen (secondary N) is 3. The number of anilines is 4. The largest absolute Gasteiger partial charge is 0.393 e. The van der Waals surface area contributed by atoms with Crippen LogP contribution in [0.3, 0.4) is 0 Å². The third kappa shape index (κ3) is 3.23. The molecule has 1 fully saturated rings. The molecule has 0 saturated carbocycles. The second-order valence-corrected chi connectivity index (χ2v) is 6.27. The molecule has 0 spiro atoms. The lowest BCUT2D eigenvalue weighted by molar-refractivity contribution is 0.145. The van der Waals surface area contributed by atoms with Gasteiger partial charge < -0.3 is 25.6 Å². The number of nitrogens with zero attached hydrogens (tertiary/aromatic N) is 3. The molecule has 3 heterocycles. The fourth-order valence-electron chi connectivity index (χ4n) is 3.19. The van der Waals surface area contributed by atoms with Crippen molar-refractivity contribution in [1.82, 2.24) is 15.0 Å². The van der Waals surface area contributed by atoms with E-state index in [9.17, 15) is 5.11 Å². The zero-order valence-electron chi connectivity index (χ0n) is 14.2. The molecule has 0 aliphatic carbocycles. The van der Waals surface area contributed by atoms with Gasteiger partial charge in [-0.3, -0.25) is 0 Å². The number of aliphatic hydroxyl groups is 1. The maximum atomic E-state index is 9.63. The number of piperidine rings is 1. The summed E-state index contributed by atoms with van der Waals surface area (Å²) in [6.07, 6.45) is 3.36. The van der Waals surface area contributed by atoms with E-state index >= 15 is 0 Å². The van der Waals surface area contributed by atoms with E-state index in [1.54, 1.807) is 0 Å². The maximum absolute atomic E-state index is 9.63. The molecule has 2 aromatic heterocycles. The van der Waals surface area contributed by atoms with E-state index in [-0.39, 0.29) is 6.10 Å². The molecule has 3 aromatic rings. The Balaban J connectivity index is 1.51. The van der Waals surface area contributed by atoms with Crippen LogP contribution in [0.1, 0.15) is 12.8 Å². The number of aromatic nitrogens is 3. The van der Waals surface area contributed by atoms with E-state index < -0.39 is 0 Å². The predicted molar refractivity (Wildman–Crippen MR) is 101 cm³/mol. The fraction of sp³-hybridized carbons (Fsp3) is 0.333. The number of H-pyrrole nitrogens is 1. The molecule has 0 atom stereocenters. The Labute approximate surface area is 146 Å². The first-order chi connectivity index (χ1) is 12.2. The molecule has 7 nitrogen and oxygen atoms in total. The summed E-state index contributed by atoms with van der Waals surface area (Å²) in [6.45, 7) is 1.79. The summed E-state index contributed by atoms with van der Waals surface area (Å²) in [5.41, 5.74) is 3.88. The Kier molecular flexibility index (Phi) is 4.15. The zero-order valence-corrected chi connectivity index (χ0v) is 14.2. The smallest absolute Gasteiger partial charge is 0.229 e. The van der Waals surface area contributed by atoms with Crippen molar-refractivity contribution in [1.29, 1.82) is 0 Å². The van der Waals surface area contributed by atoms with Gasteiger partial charge in [-0.15, -0.1) is 0 Å². The van der Waals surface area contributed by atoms with Crippen LogP contribution in [0, 0.1) is 0 Å². The molecule has 1 aromatic carbocycles. The van der Waals surface area contributed by atoms with Crippen molar-refractivity contribution < 1.29 is 5.11 Å². The molecule has 1 aliphatic heterocycles. The van der Waals surface area contributed by atoms with Crippen molar-refractivity contribution in [2.75, 3.05) is 35.7 Å². The van der Waals surface area contributed by atoms with Crippen molar-refractivity contribution in [3.8, 4) is 0 Å². The third-order valence-electron chi connectivity index (χ3n) is 4.60. The summed E-state index contributed by atoms with van der Waals surface area (Å²) < 4.78 is 0. The SMILES string of the molecule is CNc1nc(Nc2ccc(N3CCC(O)CC3)cc2)nc2cc[nH]c12. The van der Waals surface area contributed by atoms with Crippen LogP contribution in [0.5, 0.6) is 0 Å². The van der Waals surface area contributed by atoms with Crippen LogP contribution >= 0.6 is 0 Å². The molecule has 7 heteroatoms. The van der Waals surface area contributed by atoms with Gasteiger partial charge in [-0.05, 0) is 43.2 Å². The highest BCUT2D eigenvalue weighted by atomic mass is 16.3. The van der Waals surface area contributed by atoms with Crippen molar-refractivity contribution in [3.05, 3.63) is 36.5 Å². The number of rotatable bonds is 4. The van der Waals surface area contributed by atoms with Crippen LogP contribution in [-0.4, -0.2) is 46.3 Å². The number of fused-ring (bicyclic) bond motifs is 1. The van der Waals surface area contributed by atoms with Crippen molar-refractivity contribution in [2.24, 2.45) is 0 Å². The minimum atomic E-state index is -0.154. The van der Waals surface area contributed by atoms with Gasteiger partial charge in [-0.2, -0.15) is 4.98 Å². The van der Waals surface area contributed by atoms with Gasteiger partial charge in [0.25, 0.3) is 0 Å². The normalized spacial score (nSPS) is 15.5. The molecule has 4 rings (SSSR count). The monoisotopic (exact) mass is 338 g/mol. The standard InChI is InChI=1S/C18H22N6O/c1-19-17-16-15(6-9-20-16)22-18(23-17)21-12-2-4-13(5-3-12)24-10-7-14(25)8-11-24/h2-6,9,14,20,25H,7-8,10-11H2,1H3,(H2,19,21,22,23). The predicted octanol–water partition coefficient (Wildman–Crippen LogP) is 2.70. The lowest BCUT2D eigenvalue weighted by Gasteiger charge is -2.31. The van der Waals surface area contributed by atoms with Gasteiger partial charge in [0.05, 0.1) is 11.6 Å². The van der Waals surface area contributed by atoms with Crippen molar-refractivity contribution in [2.45, 2.75) is 18.9 Å². The first kappa shape index (κ1) is 15.7. The molecule has 25 heavy (non-hydrogen) atoms. The first-order valence-corrected chi connectivity index (χ1v) is 8.56. The third-order valence-corrected chi connectivity index (χ3v) is 4.60. The van der Waals surface area contributed by atoms with Crippen LogP contribution in [0.25, 0.3) is 11.0 Å². The highest BCUT2D eigenvalue weighted by molar-refractivity contribution is 5.87. The highest BCUT2D eigenvalue weighted by Gasteiger charge is 2.17. The quantitative estimate of drug-likeness (QED) is 0.585. The second-order valence-electron chi connectivity index (χ2n) is 6.27. The van der Waals surface area contributed by atoms with Crippen LogP contribution in [0.15, 0.2) is 36.5 Å². The number of benzene rings is 1. The topological polar surface area (TPSA) is 89.1 Å². The van der Waals surface area contributed by atoms with E-state index in [2.05, 4.69) is 42.6 Å². The van der Waals surface area contributed by atoms with Crippen molar-refractivity contribution in [3.63, 3.8) is 0 Å². The van der Waals surface area contributed by atoms with Gasteiger partial charge in [0, 0.05) is 37.7 Å². The Hall–Kier alpha value is -2.80. The van der Waals surface area contributed by atoms with Gasteiger partial charge in [-0.1, -0.05) is 0 Å². The molecule has 0 amide bonds. The van der Waals surface area contributed by atoms with E-state index in [1.807, 2.05) is 31.4 Å². The first-order valence-electron chi connectivity index (χ1n) is 8.56. The molecule has 1 aliphatic rings. The van der Waals surface area contributed by atoms with Crippen LogP contribution in [0.2, 0.25) is 0 Å². The Bertz CT molecular complexity index is 852. The molecular weight excluding hydrogens is 316 g/mol.